The highest BCUT2D eigenvalue weighted by atomic mass is 32.2. The number of carbonyl (C=O) groups is 1. The van der Waals surface area contributed by atoms with Crippen molar-refractivity contribution in [3.63, 3.8) is 0 Å². The number of rotatable bonds is 7. The molecule has 17 heavy (non-hydrogen) atoms. The fourth-order valence-corrected chi connectivity index (χ4v) is 2.45. The van der Waals surface area contributed by atoms with Gasteiger partial charge >= 0.3 is 5.97 Å². The van der Waals surface area contributed by atoms with Gasteiger partial charge < -0.3 is 9.47 Å². The Labute approximate surface area is 106 Å². The first-order chi connectivity index (χ1) is 8.29. The molecule has 1 unspecified atom stereocenters. The Morgan fingerprint density at radius 1 is 1.35 bits per heavy atom. The van der Waals surface area contributed by atoms with Crippen LogP contribution < -0.4 is 0 Å². The maximum atomic E-state index is 11.9. The lowest BCUT2D eigenvalue weighted by atomic mass is 10.1. The van der Waals surface area contributed by atoms with Crippen LogP contribution in [0.15, 0.2) is 30.3 Å². The summed E-state index contributed by atoms with van der Waals surface area (Å²) in [5, 5.41) is -0.258. The van der Waals surface area contributed by atoms with Gasteiger partial charge in [0.05, 0.1) is 13.2 Å². The van der Waals surface area contributed by atoms with E-state index in [1.165, 1.54) is 0 Å². The van der Waals surface area contributed by atoms with Crippen molar-refractivity contribution in [3.05, 3.63) is 35.9 Å². The average molecular weight is 254 g/mol. The first kappa shape index (κ1) is 14.1. The normalized spacial score (nSPS) is 12.1. The molecule has 0 aliphatic rings. The number of esters is 1. The second-order valence-electron chi connectivity index (χ2n) is 3.41. The Morgan fingerprint density at radius 2 is 2.06 bits per heavy atom. The summed E-state index contributed by atoms with van der Waals surface area (Å²) in [6, 6.07) is 9.69. The van der Waals surface area contributed by atoms with Crippen LogP contribution in [0.2, 0.25) is 0 Å². The molecule has 0 radical (unpaired) electrons. The van der Waals surface area contributed by atoms with Crippen molar-refractivity contribution < 1.29 is 14.3 Å². The van der Waals surface area contributed by atoms with Crippen molar-refractivity contribution >= 4 is 17.7 Å². The fourth-order valence-electron chi connectivity index (χ4n) is 1.40. The maximum absolute atomic E-state index is 11.9. The van der Waals surface area contributed by atoms with E-state index >= 15 is 0 Å². The largest absolute Gasteiger partial charge is 0.465 e. The van der Waals surface area contributed by atoms with Crippen molar-refractivity contribution in [2.75, 3.05) is 26.1 Å². The van der Waals surface area contributed by atoms with Gasteiger partial charge in [0.15, 0.2) is 0 Å². The predicted molar refractivity (Wildman–Crippen MR) is 70.2 cm³/mol. The first-order valence-corrected chi connectivity index (χ1v) is 6.66. The highest BCUT2D eigenvalue weighted by Crippen LogP contribution is 2.29. The number of methoxy groups -OCH3 is 1. The highest BCUT2D eigenvalue weighted by Gasteiger charge is 2.21. The number of hydrogen-bond acceptors (Lipinski definition) is 4. The van der Waals surface area contributed by atoms with Crippen molar-refractivity contribution in [2.45, 2.75) is 12.2 Å². The van der Waals surface area contributed by atoms with Crippen LogP contribution in [0.4, 0.5) is 0 Å². The number of thioether (sulfide) groups is 1. The summed E-state index contributed by atoms with van der Waals surface area (Å²) >= 11 is 1.55. The van der Waals surface area contributed by atoms with Crippen LogP contribution in [0.5, 0.6) is 0 Å². The maximum Gasteiger partial charge on any atom is 0.323 e. The van der Waals surface area contributed by atoms with Gasteiger partial charge in [-0.15, -0.1) is 11.8 Å². The molecule has 4 heteroatoms. The minimum absolute atomic E-state index is 0.181. The molecule has 94 valence electrons. The number of benzene rings is 1. The molecule has 1 rings (SSSR count). The molecule has 0 aliphatic heterocycles. The third kappa shape index (κ3) is 4.79. The van der Waals surface area contributed by atoms with Gasteiger partial charge in [0.1, 0.15) is 5.25 Å². The fraction of sp³-hybridized carbons (Fsp3) is 0.462. The van der Waals surface area contributed by atoms with E-state index in [1.807, 2.05) is 37.3 Å². The minimum Gasteiger partial charge on any atom is -0.465 e. The molecule has 0 heterocycles. The van der Waals surface area contributed by atoms with E-state index in [-0.39, 0.29) is 11.2 Å². The van der Waals surface area contributed by atoms with Gasteiger partial charge in [-0.25, -0.2) is 0 Å². The summed E-state index contributed by atoms with van der Waals surface area (Å²) in [5.41, 5.74) is 0.979. The Kier molecular flexibility index (Phi) is 6.74. The van der Waals surface area contributed by atoms with E-state index in [9.17, 15) is 4.79 Å². The van der Waals surface area contributed by atoms with E-state index in [2.05, 4.69) is 0 Å². The van der Waals surface area contributed by atoms with Crippen LogP contribution in [0.3, 0.4) is 0 Å². The van der Waals surface area contributed by atoms with Gasteiger partial charge in [-0.3, -0.25) is 4.79 Å². The summed E-state index contributed by atoms with van der Waals surface area (Å²) < 4.78 is 10.1. The molecule has 0 spiro atoms. The van der Waals surface area contributed by atoms with E-state index in [4.69, 9.17) is 9.47 Å². The molecule has 0 N–H and O–H groups in total. The molecule has 0 fully saturated rings. The summed E-state index contributed by atoms with van der Waals surface area (Å²) in [6.45, 7) is 2.86. The minimum atomic E-state index is -0.258. The lowest BCUT2D eigenvalue weighted by Crippen LogP contribution is -2.14. The van der Waals surface area contributed by atoms with Crippen molar-refractivity contribution in [1.82, 2.24) is 0 Å². The van der Waals surface area contributed by atoms with Crippen LogP contribution >= 0.6 is 11.8 Å². The van der Waals surface area contributed by atoms with E-state index in [0.717, 1.165) is 11.3 Å². The molecule has 1 atom stereocenters. The predicted octanol–water partition coefficient (Wildman–Crippen LogP) is 2.67. The van der Waals surface area contributed by atoms with E-state index in [0.29, 0.717) is 13.2 Å². The third-order valence-electron chi connectivity index (χ3n) is 2.17. The van der Waals surface area contributed by atoms with Crippen LogP contribution in [-0.4, -0.2) is 32.0 Å². The third-order valence-corrected chi connectivity index (χ3v) is 3.38. The van der Waals surface area contributed by atoms with Gasteiger partial charge in [0.25, 0.3) is 0 Å². The number of carbonyl (C=O) groups excluding carboxylic acids is 1. The molecule has 0 bridgehead atoms. The van der Waals surface area contributed by atoms with E-state index < -0.39 is 0 Å². The van der Waals surface area contributed by atoms with E-state index in [1.54, 1.807) is 18.9 Å². The molecular formula is C13H18O3S. The van der Waals surface area contributed by atoms with Gasteiger partial charge in [0.2, 0.25) is 0 Å². The van der Waals surface area contributed by atoms with Gasteiger partial charge in [-0.05, 0) is 12.5 Å². The molecule has 0 saturated carbocycles. The molecular weight excluding hydrogens is 236 g/mol. The van der Waals surface area contributed by atoms with Gasteiger partial charge in [-0.2, -0.15) is 0 Å². The van der Waals surface area contributed by atoms with Crippen LogP contribution in [0, 0.1) is 0 Å². The zero-order valence-corrected chi connectivity index (χ0v) is 11.0. The quantitative estimate of drug-likeness (QED) is 0.553. The summed E-state index contributed by atoms with van der Waals surface area (Å²) in [5.74, 6) is 0.592. The Hall–Kier alpha value is -1.00. The molecule has 0 aromatic heterocycles. The standard InChI is InChI=1S/C13H18O3S/c1-3-16-13(14)12(17-10-9-15-2)11-7-5-4-6-8-11/h4-8,12H,3,9-10H2,1-2H3. The Balaban J connectivity index is 2.68. The Morgan fingerprint density at radius 3 is 2.65 bits per heavy atom. The second-order valence-corrected chi connectivity index (χ2v) is 4.62. The Bertz CT molecular complexity index is 327. The smallest absolute Gasteiger partial charge is 0.323 e. The number of ether oxygens (including phenoxy) is 2. The van der Waals surface area contributed by atoms with Crippen LogP contribution in [-0.2, 0) is 14.3 Å². The summed E-state index contributed by atoms with van der Waals surface area (Å²) in [7, 11) is 1.66. The second kappa shape index (κ2) is 8.14. The zero-order chi connectivity index (χ0) is 12.5. The lowest BCUT2D eigenvalue weighted by molar-refractivity contribution is -0.142. The monoisotopic (exact) mass is 254 g/mol. The highest BCUT2D eigenvalue weighted by molar-refractivity contribution is 8.00. The van der Waals surface area contributed by atoms with Crippen molar-refractivity contribution in [2.24, 2.45) is 0 Å². The average Bonchev–Trinajstić information content (AvgIpc) is 2.36. The molecule has 0 aliphatic carbocycles. The molecule has 1 aromatic carbocycles. The molecule has 3 nitrogen and oxygen atoms in total. The summed E-state index contributed by atoms with van der Waals surface area (Å²) in [6.07, 6.45) is 0. The SMILES string of the molecule is CCOC(=O)C(SCCOC)c1ccccc1. The van der Waals surface area contributed by atoms with Crippen molar-refractivity contribution in [1.29, 1.82) is 0 Å². The molecule has 0 saturated heterocycles. The van der Waals surface area contributed by atoms with Crippen LogP contribution in [0.25, 0.3) is 0 Å². The first-order valence-electron chi connectivity index (χ1n) is 5.61. The van der Waals surface area contributed by atoms with Crippen LogP contribution in [0.1, 0.15) is 17.7 Å². The summed E-state index contributed by atoms with van der Waals surface area (Å²) in [4.78, 5) is 11.9. The number of hydrogen-bond donors (Lipinski definition) is 0. The van der Waals surface area contributed by atoms with Gasteiger partial charge in [-0.1, -0.05) is 30.3 Å². The van der Waals surface area contributed by atoms with Crippen molar-refractivity contribution in [3.8, 4) is 0 Å². The molecule has 1 aromatic rings. The lowest BCUT2D eigenvalue weighted by Gasteiger charge is -2.15. The molecule has 0 amide bonds. The zero-order valence-electron chi connectivity index (χ0n) is 10.2. The van der Waals surface area contributed by atoms with Gasteiger partial charge in [0, 0.05) is 12.9 Å². The topological polar surface area (TPSA) is 35.5 Å².